The van der Waals surface area contributed by atoms with Gasteiger partial charge in [0.15, 0.2) is 0 Å². The molecule has 0 saturated carbocycles. The molecule has 1 saturated heterocycles. The van der Waals surface area contributed by atoms with Gasteiger partial charge in [-0.15, -0.1) is 0 Å². The van der Waals surface area contributed by atoms with Crippen molar-refractivity contribution in [1.82, 2.24) is 4.31 Å². The van der Waals surface area contributed by atoms with E-state index in [-0.39, 0.29) is 10.8 Å². The molecule has 1 aliphatic heterocycles. The van der Waals surface area contributed by atoms with Crippen LogP contribution in [0, 0.1) is 0 Å². The molecule has 1 N–H and O–H groups in total. The standard InChI is InChI=1S/C21H26N2O3S/c1-2-3-6-17-7-11-19(12-8-17)22-21(24)18-9-13-20(14-10-18)27(25,26)23-15-4-5-16-23/h7-14H,2-6,15-16H2,1H3,(H,22,24). The number of rotatable bonds is 7. The van der Waals surface area contributed by atoms with Crippen LogP contribution in [0.2, 0.25) is 0 Å². The monoisotopic (exact) mass is 386 g/mol. The third-order valence-electron chi connectivity index (χ3n) is 4.85. The molecule has 1 fully saturated rings. The summed E-state index contributed by atoms with van der Waals surface area (Å²) in [6.07, 6.45) is 5.14. The SMILES string of the molecule is CCCCc1ccc(NC(=O)c2ccc(S(=O)(=O)N3CCCC3)cc2)cc1. The number of carbonyl (C=O) groups excluding carboxylic acids is 1. The van der Waals surface area contributed by atoms with Crippen LogP contribution < -0.4 is 5.32 Å². The summed E-state index contributed by atoms with van der Waals surface area (Å²) < 4.78 is 26.6. The van der Waals surface area contributed by atoms with Crippen LogP contribution in [0.25, 0.3) is 0 Å². The van der Waals surface area contributed by atoms with Crippen molar-refractivity contribution in [1.29, 1.82) is 0 Å². The predicted octanol–water partition coefficient (Wildman–Crippen LogP) is 4.07. The van der Waals surface area contributed by atoms with Crippen molar-refractivity contribution in [2.45, 2.75) is 43.9 Å². The smallest absolute Gasteiger partial charge is 0.255 e. The van der Waals surface area contributed by atoms with Gasteiger partial charge in [-0.2, -0.15) is 4.31 Å². The molecule has 1 heterocycles. The second-order valence-corrected chi connectivity index (χ2v) is 8.83. The molecule has 1 aliphatic rings. The molecule has 6 heteroatoms. The Balaban J connectivity index is 1.65. The molecule has 0 atom stereocenters. The van der Waals surface area contributed by atoms with Gasteiger partial charge in [-0.05, 0) is 67.6 Å². The molecule has 5 nitrogen and oxygen atoms in total. The van der Waals surface area contributed by atoms with Gasteiger partial charge in [-0.1, -0.05) is 25.5 Å². The maximum Gasteiger partial charge on any atom is 0.255 e. The third-order valence-corrected chi connectivity index (χ3v) is 6.76. The van der Waals surface area contributed by atoms with E-state index in [2.05, 4.69) is 12.2 Å². The molecule has 27 heavy (non-hydrogen) atoms. The van der Waals surface area contributed by atoms with Crippen molar-refractivity contribution < 1.29 is 13.2 Å². The Labute approximate surface area is 161 Å². The maximum atomic E-state index is 12.5. The van der Waals surface area contributed by atoms with Crippen molar-refractivity contribution in [2.24, 2.45) is 0 Å². The minimum Gasteiger partial charge on any atom is -0.322 e. The fourth-order valence-corrected chi connectivity index (χ4v) is 4.71. The topological polar surface area (TPSA) is 66.5 Å². The van der Waals surface area contributed by atoms with Crippen LogP contribution in [0.3, 0.4) is 0 Å². The Hall–Kier alpha value is -2.18. The lowest BCUT2D eigenvalue weighted by Gasteiger charge is -2.15. The van der Waals surface area contributed by atoms with Gasteiger partial charge >= 0.3 is 0 Å². The molecule has 0 aromatic heterocycles. The fraction of sp³-hybridized carbons (Fsp3) is 0.381. The minimum absolute atomic E-state index is 0.237. The molecule has 1 amide bonds. The van der Waals surface area contributed by atoms with Crippen molar-refractivity contribution in [3.05, 3.63) is 59.7 Å². The van der Waals surface area contributed by atoms with Crippen LogP contribution >= 0.6 is 0 Å². The Morgan fingerprint density at radius 1 is 1.00 bits per heavy atom. The van der Waals surface area contributed by atoms with Gasteiger partial charge in [-0.3, -0.25) is 4.79 Å². The first-order valence-corrected chi connectivity index (χ1v) is 11.0. The largest absolute Gasteiger partial charge is 0.322 e. The van der Waals surface area contributed by atoms with Gasteiger partial charge in [0.2, 0.25) is 10.0 Å². The average Bonchev–Trinajstić information content (AvgIpc) is 3.23. The highest BCUT2D eigenvalue weighted by molar-refractivity contribution is 7.89. The quantitative estimate of drug-likeness (QED) is 0.780. The van der Waals surface area contributed by atoms with E-state index in [9.17, 15) is 13.2 Å². The Bertz CT molecular complexity index is 869. The number of anilines is 1. The minimum atomic E-state index is -3.45. The zero-order chi connectivity index (χ0) is 19.3. The number of carbonyl (C=O) groups is 1. The van der Waals surface area contributed by atoms with E-state index in [0.717, 1.165) is 37.8 Å². The van der Waals surface area contributed by atoms with Crippen LogP contribution in [-0.4, -0.2) is 31.7 Å². The summed E-state index contributed by atoms with van der Waals surface area (Å²) in [6.45, 7) is 3.30. The molecule has 0 radical (unpaired) electrons. The lowest BCUT2D eigenvalue weighted by atomic mass is 10.1. The Morgan fingerprint density at radius 2 is 1.63 bits per heavy atom. The Kier molecular flexibility index (Phi) is 6.29. The lowest BCUT2D eigenvalue weighted by Crippen LogP contribution is -2.27. The predicted molar refractivity (Wildman–Crippen MR) is 107 cm³/mol. The highest BCUT2D eigenvalue weighted by atomic mass is 32.2. The summed E-state index contributed by atoms with van der Waals surface area (Å²) in [7, 11) is -3.45. The molecule has 144 valence electrons. The zero-order valence-corrected chi connectivity index (χ0v) is 16.5. The van der Waals surface area contributed by atoms with Crippen molar-refractivity contribution in [2.75, 3.05) is 18.4 Å². The van der Waals surface area contributed by atoms with Crippen LogP contribution in [-0.2, 0) is 16.4 Å². The highest BCUT2D eigenvalue weighted by Crippen LogP contribution is 2.21. The summed E-state index contributed by atoms with van der Waals surface area (Å²) in [5.74, 6) is -0.249. The molecule has 3 rings (SSSR count). The van der Waals surface area contributed by atoms with E-state index in [1.807, 2.05) is 24.3 Å². The highest BCUT2D eigenvalue weighted by Gasteiger charge is 2.27. The number of benzene rings is 2. The molecule has 0 unspecified atom stereocenters. The number of aryl methyl sites for hydroxylation is 1. The van der Waals surface area contributed by atoms with Crippen molar-refractivity contribution >= 4 is 21.6 Å². The summed E-state index contributed by atoms with van der Waals surface area (Å²) in [5.41, 5.74) is 2.42. The van der Waals surface area contributed by atoms with E-state index in [4.69, 9.17) is 0 Å². The molecule has 0 spiro atoms. The third kappa shape index (κ3) is 4.76. The van der Waals surface area contributed by atoms with Crippen LogP contribution in [0.5, 0.6) is 0 Å². The second kappa shape index (κ2) is 8.67. The normalized spacial score (nSPS) is 15.0. The van der Waals surface area contributed by atoms with E-state index >= 15 is 0 Å². The Morgan fingerprint density at radius 3 is 2.22 bits per heavy atom. The summed E-state index contributed by atoms with van der Waals surface area (Å²) in [4.78, 5) is 12.7. The van der Waals surface area contributed by atoms with Gasteiger partial charge in [0.1, 0.15) is 0 Å². The summed E-state index contributed by atoms with van der Waals surface area (Å²) >= 11 is 0. The van der Waals surface area contributed by atoms with Crippen molar-refractivity contribution in [3.63, 3.8) is 0 Å². The molecular formula is C21H26N2O3S. The van der Waals surface area contributed by atoms with E-state index in [0.29, 0.717) is 18.7 Å². The first-order valence-electron chi connectivity index (χ1n) is 9.51. The van der Waals surface area contributed by atoms with E-state index in [1.165, 1.54) is 22.0 Å². The number of unbranched alkanes of at least 4 members (excludes halogenated alkanes) is 1. The molecular weight excluding hydrogens is 360 g/mol. The number of amides is 1. The van der Waals surface area contributed by atoms with E-state index < -0.39 is 10.0 Å². The van der Waals surface area contributed by atoms with Gasteiger partial charge < -0.3 is 5.32 Å². The summed E-state index contributed by atoms with van der Waals surface area (Å²) in [6, 6.07) is 14.0. The van der Waals surface area contributed by atoms with Gasteiger partial charge in [-0.25, -0.2) is 8.42 Å². The summed E-state index contributed by atoms with van der Waals surface area (Å²) in [5, 5.41) is 2.86. The number of nitrogens with zero attached hydrogens (tertiary/aromatic N) is 1. The van der Waals surface area contributed by atoms with Gasteiger partial charge in [0, 0.05) is 24.3 Å². The molecule has 0 bridgehead atoms. The molecule has 2 aromatic rings. The van der Waals surface area contributed by atoms with Crippen LogP contribution in [0.1, 0.15) is 48.5 Å². The molecule has 2 aromatic carbocycles. The van der Waals surface area contributed by atoms with Crippen LogP contribution in [0.15, 0.2) is 53.4 Å². The van der Waals surface area contributed by atoms with Gasteiger partial charge in [0.05, 0.1) is 4.90 Å². The average molecular weight is 387 g/mol. The fourth-order valence-electron chi connectivity index (χ4n) is 3.19. The maximum absolute atomic E-state index is 12.5. The number of sulfonamides is 1. The lowest BCUT2D eigenvalue weighted by molar-refractivity contribution is 0.102. The number of nitrogens with one attached hydrogen (secondary N) is 1. The van der Waals surface area contributed by atoms with E-state index in [1.54, 1.807) is 12.1 Å². The second-order valence-electron chi connectivity index (χ2n) is 6.89. The first kappa shape index (κ1) is 19.6. The molecule has 0 aliphatic carbocycles. The zero-order valence-electron chi connectivity index (χ0n) is 15.6. The van der Waals surface area contributed by atoms with Crippen molar-refractivity contribution in [3.8, 4) is 0 Å². The first-order chi connectivity index (χ1) is 13.0. The van der Waals surface area contributed by atoms with Gasteiger partial charge in [0.25, 0.3) is 5.91 Å². The van der Waals surface area contributed by atoms with Crippen LogP contribution in [0.4, 0.5) is 5.69 Å². The number of hydrogen-bond acceptors (Lipinski definition) is 3. The number of hydrogen-bond donors (Lipinski definition) is 1.